The van der Waals surface area contributed by atoms with Crippen LogP contribution in [0.4, 0.5) is 10.1 Å². The van der Waals surface area contributed by atoms with Gasteiger partial charge in [0.2, 0.25) is 0 Å². The molecule has 21 heavy (non-hydrogen) atoms. The summed E-state index contributed by atoms with van der Waals surface area (Å²) in [6.45, 7) is 5.52. The molecule has 0 aromatic heterocycles. The molecule has 0 fully saturated rings. The van der Waals surface area contributed by atoms with Gasteiger partial charge in [-0.2, -0.15) is 0 Å². The highest BCUT2D eigenvalue weighted by Crippen LogP contribution is 2.32. The Morgan fingerprint density at radius 2 is 1.90 bits per heavy atom. The van der Waals surface area contributed by atoms with Crippen LogP contribution in [0.2, 0.25) is 0 Å². The van der Waals surface area contributed by atoms with Crippen molar-refractivity contribution in [2.75, 3.05) is 11.4 Å². The Kier molecular flexibility index (Phi) is 3.68. The van der Waals surface area contributed by atoms with Gasteiger partial charge in [0.25, 0.3) is 0 Å². The number of benzene rings is 2. The smallest absolute Gasteiger partial charge is 0.126 e. The van der Waals surface area contributed by atoms with Crippen molar-refractivity contribution in [2.24, 2.45) is 5.73 Å². The molecular formula is C18H21FN2. The quantitative estimate of drug-likeness (QED) is 0.910. The number of hydrogen-bond donors (Lipinski definition) is 1. The standard InChI is InChI=1S/C18H21FN2/c1-12-9-18(16(13(2)20)10-17(12)19)21-8-7-14-5-3-4-6-15(14)11-21/h3-6,9-10,13H,7-8,11,20H2,1-2H3/t13-/m1/s1. The number of nitrogens with two attached hydrogens (primary N) is 1. The van der Waals surface area contributed by atoms with Crippen LogP contribution in [0.5, 0.6) is 0 Å². The molecule has 1 atom stereocenters. The predicted molar refractivity (Wildman–Crippen MR) is 84.9 cm³/mol. The summed E-state index contributed by atoms with van der Waals surface area (Å²) in [6, 6.07) is 11.9. The van der Waals surface area contributed by atoms with Crippen molar-refractivity contribution in [2.45, 2.75) is 32.9 Å². The third kappa shape index (κ3) is 2.66. The van der Waals surface area contributed by atoms with Gasteiger partial charge >= 0.3 is 0 Å². The Morgan fingerprint density at radius 1 is 1.19 bits per heavy atom. The lowest BCUT2D eigenvalue weighted by molar-refractivity contribution is 0.611. The summed E-state index contributed by atoms with van der Waals surface area (Å²) in [4.78, 5) is 2.31. The predicted octanol–water partition coefficient (Wildman–Crippen LogP) is 3.72. The van der Waals surface area contributed by atoms with Crippen LogP contribution in [-0.2, 0) is 13.0 Å². The summed E-state index contributed by atoms with van der Waals surface area (Å²) in [7, 11) is 0. The van der Waals surface area contributed by atoms with Gasteiger partial charge in [0, 0.05) is 24.8 Å². The summed E-state index contributed by atoms with van der Waals surface area (Å²) in [5.74, 6) is -0.177. The van der Waals surface area contributed by atoms with Crippen LogP contribution in [-0.4, -0.2) is 6.54 Å². The van der Waals surface area contributed by atoms with Crippen LogP contribution in [0, 0.1) is 12.7 Å². The molecule has 0 saturated heterocycles. The van der Waals surface area contributed by atoms with Crippen molar-refractivity contribution in [3.63, 3.8) is 0 Å². The molecule has 1 aliphatic rings. The van der Waals surface area contributed by atoms with Crippen LogP contribution in [0.25, 0.3) is 0 Å². The highest BCUT2D eigenvalue weighted by Gasteiger charge is 2.20. The van der Waals surface area contributed by atoms with Gasteiger partial charge < -0.3 is 10.6 Å². The van der Waals surface area contributed by atoms with E-state index in [4.69, 9.17) is 5.73 Å². The first-order valence-electron chi connectivity index (χ1n) is 7.43. The average Bonchev–Trinajstić information content (AvgIpc) is 2.49. The molecule has 0 aliphatic carbocycles. The zero-order chi connectivity index (χ0) is 15.0. The monoisotopic (exact) mass is 284 g/mol. The maximum atomic E-state index is 13.9. The van der Waals surface area contributed by atoms with E-state index in [2.05, 4.69) is 29.2 Å². The van der Waals surface area contributed by atoms with E-state index in [0.717, 1.165) is 30.8 Å². The maximum Gasteiger partial charge on any atom is 0.126 e. The van der Waals surface area contributed by atoms with Gasteiger partial charge in [0.15, 0.2) is 0 Å². The number of rotatable bonds is 2. The Morgan fingerprint density at radius 3 is 2.62 bits per heavy atom. The van der Waals surface area contributed by atoms with Crippen LogP contribution in [0.3, 0.4) is 0 Å². The van der Waals surface area contributed by atoms with Crippen molar-refractivity contribution < 1.29 is 4.39 Å². The molecule has 3 rings (SSSR count). The number of anilines is 1. The molecule has 1 heterocycles. The van der Waals surface area contributed by atoms with Gasteiger partial charge in [-0.1, -0.05) is 24.3 Å². The molecule has 1 aliphatic heterocycles. The minimum Gasteiger partial charge on any atom is -0.367 e. The Bertz CT molecular complexity index is 664. The van der Waals surface area contributed by atoms with Crippen LogP contribution in [0.1, 0.15) is 35.2 Å². The van der Waals surface area contributed by atoms with Gasteiger partial charge in [-0.15, -0.1) is 0 Å². The van der Waals surface area contributed by atoms with Crippen molar-refractivity contribution in [3.05, 3.63) is 64.5 Å². The largest absolute Gasteiger partial charge is 0.367 e. The van der Waals surface area contributed by atoms with E-state index < -0.39 is 0 Å². The summed E-state index contributed by atoms with van der Waals surface area (Å²) in [5, 5.41) is 0. The third-order valence-electron chi connectivity index (χ3n) is 4.27. The van der Waals surface area contributed by atoms with Gasteiger partial charge in [-0.05, 0) is 54.7 Å². The molecule has 0 bridgehead atoms. The van der Waals surface area contributed by atoms with E-state index in [1.165, 1.54) is 11.1 Å². The molecule has 0 amide bonds. The molecule has 0 saturated carbocycles. The molecule has 0 radical (unpaired) electrons. The number of halogens is 1. The minimum atomic E-state index is -0.177. The van der Waals surface area contributed by atoms with Crippen molar-refractivity contribution in [3.8, 4) is 0 Å². The second-order valence-corrected chi connectivity index (χ2v) is 5.89. The molecule has 2 N–H and O–H groups in total. The minimum absolute atomic E-state index is 0.174. The van der Waals surface area contributed by atoms with Crippen LogP contribution < -0.4 is 10.6 Å². The van der Waals surface area contributed by atoms with Gasteiger partial charge in [0.05, 0.1) is 0 Å². The summed E-state index contributed by atoms with van der Waals surface area (Å²) in [6.07, 6.45) is 1.02. The first-order valence-corrected chi connectivity index (χ1v) is 7.43. The number of hydrogen-bond acceptors (Lipinski definition) is 2. The van der Waals surface area contributed by atoms with E-state index in [0.29, 0.717) is 5.56 Å². The second kappa shape index (κ2) is 5.49. The van der Waals surface area contributed by atoms with E-state index >= 15 is 0 Å². The first-order chi connectivity index (χ1) is 10.1. The molecular weight excluding hydrogens is 263 g/mol. The normalized spacial score (nSPS) is 15.7. The summed E-state index contributed by atoms with van der Waals surface area (Å²) >= 11 is 0. The zero-order valence-electron chi connectivity index (χ0n) is 12.6. The molecule has 2 aromatic carbocycles. The Balaban J connectivity index is 2.00. The van der Waals surface area contributed by atoms with E-state index in [-0.39, 0.29) is 11.9 Å². The number of nitrogens with zero attached hydrogens (tertiary/aromatic N) is 1. The van der Waals surface area contributed by atoms with E-state index in [1.54, 1.807) is 6.07 Å². The Labute approximate surface area is 125 Å². The maximum absolute atomic E-state index is 13.9. The zero-order valence-corrected chi connectivity index (χ0v) is 12.6. The summed E-state index contributed by atoms with van der Waals surface area (Å²) < 4.78 is 13.9. The topological polar surface area (TPSA) is 29.3 Å². The fourth-order valence-corrected chi connectivity index (χ4v) is 3.02. The molecule has 110 valence electrons. The average molecular weight is 284 g/mol. The van der Waals surface area contributed by atoms with Crippen molar-refractivity contribution >= 4 is 5.69 Å². The first kappa shape index (κ1) is 14.1. The third-order valence-corrected chi connectivity index (χ3v) is 4.27. The molecule has 2 nitrogen and oxygen atoms in total. The van der Waals surface area contributed by atoms with E-state index in [1.807, 2.05) is 19.9 Å². The van der Waals surface area contributed by atoms with Crippen LogP contribution >= 0.6 is 0 Å². The van der Waals surface area contributed by atoms with Crippen LogP contribution in [0.15, 0.2) is 36.4 Å². The number of aryl methyl sites for hydroxylation is 1. The summed E-state index contributed by atoms with van der Waals surface area (Å²) in [5.41, 5.74) is 11.4. The molecule has 0 unspecified atom stereocenters. The lowest BCUT2D eigenvalue weighted by atomic mass is 9.97. The van der Waals surface area contributed by atoms with Crippen molar-refractivity contribution in [1.82, 2.24) is 0 Å². The lowest BCUT2D eigenvalue weighted by Gasteiger charge is -2.33. The Hall–Kier alpha value is -1.87. The molecule has 3 heteroatoms. The highest BCUT2D eigenvalue weighted by molar-refractivity contribution is 5.58. The highest BCUT2D eigenvalue weighted by atomic mass is 19.1. The fraction of sp³-hybridized carbons (Fsp3) is 0.333. The van der Waals surface area contributed by atoms with Gasteiger partial charge in [-0.3, -0.25) is 0 Å². The SMILES string of the molecule is Cc1cc(N2CCc3ccccc3C2)c([C@@H](C)N)cc1F. The molecule has 2 aromatic rings. The lowest BCUT2D eigenvalue weighted by Crippen LogP contribution is -2.31. The molecule has 0 spiro atoms. The fourth-order valence-electron chi connectivity index (χ4n) is 3.02. The van der Waals surface area contributed by atoms with Gasteiger partial charge in [0.1, 0.15) is 5.82 Å². The van der Waals surface area contributed by atoms with Crippen molar-refractivity contribution in [1.29, 1.82) is 0 Å². The second-order valence-electron chi connectivity index (χ2n) is 5.89. The van der Waals surface area contributed by atoms with Gasteiger partial charge in [-0.25, -0.2) is 4.39 Å². The number of fused-ring (bicyclic) bond motifs is 1. The van der Waals surface area contributed by atoms with E-state index in [9.17, 15) is 4.39 Å².